The Morgan fingerprint density at radius 3 is 2.16 bits per heavy atom. The summed E-state index contributed by atoms with van der Waals surface area (Å²) in [6.07, 6.45) is 0. The van der Waals surface area contributed by atoms with E-state index in [2.05, 4.69) is 15.9 Å². The number of hydrogen-bond donors (Lipinski definition) is 2. The number of benzene rings is 1. The molecule has 0 saturated heterocycles. The molecule has 0 radical (unpaired) electrons. The average molecular weight is 404 g/mol. The minimum absolute atomic E-state index is 0. The van der Waals surface area contributed by atoms with Crippen LogP contribution in [0.1, 0.15) is 10.4 Å². The van der Waals surface area contributed by atoms with E-state index in [9.17, 15) is 13.2 Å². The van der Waals surface area contributed by atoms with E-state index in [0.717, 1.165) is 6.07 Å². The van der Waals surface area contributed by atoms with E-state index < -0.39 is 26.4 Å². The van der Waals surface area contributed by atoms with Gasteiger partial charge in [-0.05, 0) is 34.1 Å². The third-order valence-corrected chi connectivity index (χ3v) is 3.76. The molecule has 1 aromatic carbocycles. The zero-order chi connectivity index (χ0) is 14.5. The van der Waals surface area contributed by atoms with Gasteiger partial charge in [-0.2, -0.15) is 0 Å². The second-order valence-electron chi connectivity index (χ2n) is 2.61. The summed E-state index contributed by atoms with van der Waals surface area (Å²) >= 11 is 0.0977. The van der Waals surface area contributed by atoms with E-state index in [1.807, 2.05) is 0 Å². The third-order valence-electron chi connectivity index (χ3n) is 1.44. The van der Waals surface area contributed by atoms with Crippen LogP contribution >= 0.6 is 26.6 Å². The first-order valence-electron chi connectivity index (χ1n) is 3.81. The van der Waals surface area contributed by atoms with Gasteiger partial charge >= 0.3 is 35.5 Å². The van der Waals surface area contributed by atoms with Crippen LogP contribution in [0.4, 0.5) is 0 Å². The smallest absolute Gasteiger partial charge is 0.750 e. The predicted octanol–water partition coefficient (Wildman–Crippen LogP) is -1.58. The van der Waals surface area contributed by atoms with E-state index in [-0.39, 0.29) is 44.5 Å². The van der Waals surface area contributed by atoms with Gasteiger partial charge in [0, 0.05) is 15.2 Å². The maximum atomic E-state index is 11.0. The van der Waals surface area contributed by atoms with Crippen molar-refractivity contribution in [3.05, 3.63) is 28.2 Å². The fourth-order valence-electron chi connectivity index (χ4n) is 0.823. The fourth-order valence-corrected chi connectivity index (χ4v) is 2.94. The molecule has 12 heteroatoms. The molecular formula is C7H5BrClNaO7S2. The molecule has 0 aliphatic rings. The van der Waals surface area contributed by atoms with Crippen LogP contribution in [0.2, 0.25) is 0 Å². The number of hydrogen-bond acceptors (Lipinski definition) is 5. The molecule has 0 aromatic heterocycles. The summed E-state index contributed by atoms with van der Waals surface area (Å²) in [4.78, 5) is 10.3. The van der Waals surface area contributed by atoms with Crippen molar-refractivity contribution in [2.45, 2.75) is 4.90 Å². The molecule has 0 saturated carbocycles. The maximum absolute atomic E-state index is 11.0. The van der Waals surface area contributed by atoms with Gasteiger partial charge in [-0.25, -0.2) is 17.4 Å². The van der Waals surface area contributed by atoms with Gasteiger partial charge in [0.2, 0.25) is 0 Å². The van der Waals surface area contributed by atoms with E-state index in [0.29, 0.717) is 0 Å². The second-order valence-corrected chi connectivity index (χ2v) is 6.43. The number of rotatable bonds is 2. The van der Waals surface area contributed by atoms with Crippen molar-refractivity contribution < 1.29 is 61.2 Å². The number of carboxylic acid groups (broad SMARTS) is 1. The van der Waals surface area contributed by atoms with Crippen LogP contribution in [-0.4, -0.2) is 32.8 Å². The number of aromatic carboxylic acids is 1. The largest absolute Gasteiger partial charge is 1.00 e. The van der Waals surface area contributed by atoms with Crippen molar-refractivity contribution in [1.29, 1.82) is 0 Å². The third kappa shape index (κ3) is 9.10. The van der Waals surface area contributed by atoms with Gasteiger partial charge in [-0.15, -0.1) is 0 Å². The normalized spacial score (nSPS) is 11.6. The van der Waals surface area contributed by atoms with Crippen LogP contribution < -0.4 is 29.6 Å². The summed E-state index contributed by atoms with van der Waals surface area (Å²) in [6, 6.07) is 3.59. The van der Waals surface area contributed by atoms with Gasteiger partial charge in [0.05, 0.1) is 21.8 Å². The van der Waals surface area contributed by atoms with Crippen LogP contribution in [0, 0.1) is 0 Å². The van der Waals surface area contributed by atoms with Crippen molar-refractivity contribution in [2.24, 2.45) is 0 Å². The molecule has 1 aromatic rings. The Hall–Kier alpha value is 0.480. The molecule has 2 N–H and O–H groups in total. The summed E-state index contributed by atoms with van der Waals surface area (Å²) in [7, 11) is 1.16. The summed E-state index contributed by atoms with van der Waals surface area (Å²) in [6.45, 7) is 0. The molecule has 0 aliphatic carbocycles. The Morgan fingerprint density at radius 2 is 1.84 bits per heavy atom. The Morgan fingerprint density at radius 1 is 1.42 bits per heavy atom. The first-order valence-corrected chi connectivity index (χ1v) is 7.95. The first kappa shape index (κ1) is 21.8. The molecule has 0 fully saturated rings. The molecule has 0 aliphatic heterocycles. The van der Waals surface area contributed by atoms with Crippen molar-refractivity contribution in [1.82, 2.24) is 0 Å². The molecule has 0 spiro atoms. The van der Waals surface area contributed by atoms with E-state index in [1.54, 1.807) is 0 Å². The SMILES string of the molecule is O=C(O)c1ccc(Br)c(S(=O)(=O)Cl)c1.O=S([O-])O.[Na+]. The van der Waals surface area contributed by atoms with Crippen molar-refractivity contribution in [3.8, 4) is 0 Å². The number of halogens is 2. The maximum Gasteiger partial charge on any atom is 1.00 e. The summed E-state index contributed by atoms with van der Waals surface area (Å²) in [5.74, 6) is -1.21. The van der Waals surface area contributed by atoms with Crippen LogP contribution in [0.15, 0.2) is 27.6 Å². The molecular weight excluding hydrogens is 399 g/mol. The van der Waals surface area contributed by atoms with Gasteiger partial charge < -0.3 is 14.2 Å². The van der Waals surface area contributed by atoms with Gasteiger partial charge in [0.25, 0.3) is 9.05 Å². The molecule has 1 atom stereocenters. The summed E-state index contributed by atoms with van der Waals surface area (Å²) < 4.78 is 46.3. The number of carbonyl (C=O) groups is 1. The van der Waals surface area contributed by atoms with Crippen LogP contribution in [-0.2, 0) is 20.4 Å². The van der Waals surface area contributed by atoms with Crippen molar-refractivity contribution >= 4 is 53.0 Å². The minimum atomic E-state index is -3.93. The molecule has 1 rings (SSSR count). The van der Waals surface area contributed by atoms with Gasteiger partial charge in [0.15, 0.2) is 0 Å². The predicted molar refractivity (Wildman–Crippen MR) is 65.7 cm³/mol. The Balaban J connectivity index is 0. The monoisotopic (exact) mass is 402 g/mol. The standard InChI is InChI=1S/C7H4BrClO4S.Na.H2O3S/c8-5-2-1-4(7(10)11)3-6(5)14(9,12)13;;1-4(2)3/h1-3H,(H,10,11);;(H2,1,2,3)/q;+1;/p-1. The molecule has 0 heterocycles. The minimum Gasteiger partial charge on any atom is -0.750 e. The zero-order valence-corrected chi connectivity index (χ0v) is 15.2. The first-order chi connectivity index (χ1) is 8.05. The van der Waals surface area contributed by atoms with Gasteiger partial charge in [-0.1, -0.05) is 0 Å². The number of carboxylic acids is 1. The van der Waals surface area contributed by atoms with Crippen LogP contribution in [0.3, 0.4) is 0 Å². The molecule has 0 amide bonds. The van der Waals surface area contributed by atoms with Crippen molar-refractivity contribution in [2.75, 3.05) is 0 Å². The molecule has 102 valence electrons. The quantitative estimate of drug-likeness (QED) is 0.346. The summed E-state index contributed by atoms with van der Waals surface area (Å²) in [5, 5.41) is 8.61. The fraction of sp³-hybridized carbons (Fsp3) is 0. The molecule has 1 unspecified atom stereocenters. The summed E-state index contributed by atoms with van der Waals surface area (Å²) in [5.41, 5.74) is -0.132. The second kappa shape index (κ2) is 9.42. The van der Waals surface area contributed by atoms with Crippen molar-refractivity contribution in [3.63, 3.8) is 0 Å². The topological polar surface area (TPSA) is 132 Å². The molecule has 19 heavy (non-hydrogen) atoms. The molecule has 0 bridgehead atoms. The Labute approximate surface area is 146 Å². The van der Waals surface area contributed by atoms with E-state index in [4.69, 9.17) is 29.1 Å². The van der Waals surface area contributed by atoms with E-state index >= 15 is 0 Å². The van der Waals surface area contributed by atoms with Crippen LogP contribution in [0.5, 0.6) is 0 Å². The van der Waals surface area contributed by atoms with Gasteiger partial charge in [0.1, 0.15) is 0 Å². The zero-order valence-electron chi connectivity index (χ0n) is 9.24. The Kier molecular flexibility index (Phi) is 10.8. The van der Waals surface area contributed by atoms with E-state index in [1.165, 1.54) is 12.1 Å². The average Bonchev–Trinajstić information content (AvgIpc) is 2.14. The van der Waals surface area contributed by atoms with Crippen LogP contribution in [0.25, 0.3) is 0 Å². The Bertz CT molecular complexity index is 573. The molecule has 7 nitrogen and oxygen atoms in total. The van der Waals surface area contributed by atoms with Gasteiger partial charge in [-0.3, -0.25) is 0 Å².